The SMILES string of the molecule is CCc1ccc(NC(=O)C(C)SCc2ccccc2)cc1S(N)(=O)=O. The van der Waals surface area contributed by atoms with Crippen LogP contribution in [-0.2, 0) is 27.0 Å². The number of nitrogens with two attached hydrogens (primary N) is 1. The molecular weight excluding hydrogens is 356 g/mol. The molecule has 0 aromatic heterocycles. The van der Waals surface area contributed by atoms with E-state index in [1.807, 2.05) is 44.2 Å². The van der Waals surface area contributed by atoms with Crippen LogP contribution in [-0.4, -0.2) is 19.6 Å². The lowest BCUT2D eigenvalue weighted by Gasteiger charge is -2.14. The summed E-state index contributed by atoms with van der Waals surface area (Å²) in [5.41, 5.74) is 2.21. The molecule has 7 heteroatoms. The number of carbonyl (C=O) groups is 1. The average molecular weight is 379 g/mol. The molecule has 134 valence electrons. The van der Waals surface area contributed by atoms with Gasteiger partial charge in [-0.1, -0.05) is 43.3 Å². The van der Waals surface area contributed by atoms with Crippen molar-refractivity contribution in [1.82, 2.24) is 0 Å². The first-order chi connectivity index (χ1) is 11.8. The van der Waals surface area contributed by atoms with Crippen LogP contribution in [0.15, 0.2) is 53.4 Å². The lowest BCUT2D eigenvalue weighted by atomic mass is 10.1. The van der Waals surface area contributed by atoms with Crippen molar-refractivity contribution in [3.63, 3.8) is 0 Å². The van der Waals surface area contributed by atoms with Gasteiger partial charge < -0.3 is 5.32 Å². The third-order valence-corrected chi connectivity index (χ3v) is 5.94. The third kappa shape index (κ3) is 5.59. The quantitative estimate of drug-likeness (QED) is 0.774. The molecule has 0 fully saturated rings. The lowest BCUT2D eigenvalue weighted by molar-refractivity contribution is -0.115. The minimum Gasteiger partial charge on any atom is -0.325 e. The first-order valence-electron chi connectivity index (χ1n) is 7.93. The third-order valence-electron chi connectivity index (χ3n) is 3.73. The van der Waals surface area contributed by atoms with Gasteiger partial charge in [-0.25, -0.2) is 13.6 Å². The fraction of sp³-hybridized carbons (Fsp3) is 0.278. The van der Waals surface area contributed by atoms with Crippen molar-refractivity contribution in [1.29, 1.82) is 0 Å². The van der Waals surface area contributed by atoms with Gasteiger partial charge in [0, 0.05) is 11.4 Å². The second-order valence-electron chi connectivity index (χ2n) is 5.65. The van der Waals surface area contributed by atoms with E-state index in [2.05, 4.69) is 5.32 Å². The second kappa shape index (κ2) is 8.51. The van der Waals surface area contributed by atoms with Crippen LogP contribution in [0.25, 0.3) is 0 Å². The predicted octanol–water partition coefficient (Wildman–Crippen LogP) is 3.16. The van der Waals surface area contributed by atoms with Crippen molar-refractivity contribution in [2.75, 3.05) is 5.32 Å². The number of amides is 1. The number of hydrogen-bond donors (Lipinski definition) is 2. The largest absolute Gasteiger partial charge is 0.325 e. The topological polar surface area (TPSA) is 89.3 Å². The van der Waals surface area contributed by atoms with Crippen LogP contribution in [0.4, 0.5) is 5.69 Å². The molecule has 1 unspecified atom stereocenters. The van der Waals surface area contributed by atoms with Gasteiger partial charge >= 0.3 is 0 Å². The Hall–Kier alpha value is -1.83. The average Bonchev–Trinajstić information content (AvgIpc) is 2.59. The normalized spacial score (nSPS) is 12.6. The van der Waals surface area contributed by atoms with E-state index < -0.39 is 10.0 Å². The summed E-state index contributed by atoms with van der Waals surface area (Å²) in [7, 11) is -3.83. The highest BCUT2D eigenvalue weighted by Gasteiger charge is 2.17. The van der Waals surface area contributed by atoms with Crippen LogP contribution >= 0.6 is 11.8 Å². The highest BCUT2D eigenvalue weighted by atomic mass is 32.2. The summed E-state index contributed by atoms with van der Waals surface area (Å²) < 4.78 is 23.4. The zero-order valence-electron chi connectivity index (χ0n) is 14.2. The van der Waals surface area contributed by atoms with E-state index >= 15 is 0 Å². The molecule has 0 saturated heterocycles. The standard InChI is InChI=1S/C18H22N2O3S2/c1-3-15-9-10-16(11-17(15)25(19,22)23)20-18(21)13(2)24-12-14-7-5-4-6-8-14/h4-11,13H,3,12H2,1-2H3,(H,20,21)(H2,19,22,23). The van der Waals surface area contributed by atoms with E-state index in [1.165, 1.54) is 17.8 Å². The Bertz CT molecular complexity index is 837. The number of nitrogens with one attached hydrogen (secondary N) is 1. The Balaban J connectivity index is 2.04. The van der Waals surface area contributed by atoms with Gasteiger partial charge in [0.2, 0.25) is 15.9 Å². The van der Waals surface area contributed by atoms with Gasteiger partial charge in [-0.15, -0.1) is 11.8 Å². The molecule has 0 heterocycles. The zero-order chi connectivity index (χ0) is 18.4. The van der Waals surface area contributed by atoms with Crippen LogP contribution in [0, 0.1) is 0 Å². The second-order valence-corrected chi connectivity index (χ2v) is 8.51. The summed E-state index contributed by atoms with van der Waals surface area (Å²) in [6, 6.07) is 14.7. The van der Waals surface area contributed by atoms with E-state index in [9.17, 15) is 13.2 Å². The summed E-state index contributed by atoms with van der Waals surface area (Å²) in [5.74, 6) is 0.553. The molecule has 0 spiro atoms. The van der Waals surface area contributed by atoms with Crippen LogP contribution in [0.2, 0.25) is 0 Å². The van der Waals surface area contributed by atoms with Gasteiger partial charge in [0.1, 0.15) is 0 Å². The molecule has 2 aromatic carbocycles. The van der Waals surface area contributed by atoms with E-state index in [0.29, 0.717) is 17.7 Å². The molecule has 0 radical (unpaired) electrons. The molecular formula is C18H22N2O3S2. The Morgan fingerprint density at radius 1 is 1.20 bits per heavy atom. The number of aryl methyl sites for hydroxylation is 1. The van der Waals surface area contributed by atoms with Gasteiger partial charge in [-0.2, -0.15) is 0 Å². The van der Waals surface area contributed by atoms with Gasteiger partial charge in [0.25, 0.3) is 0 Å². The van der Waals surface area contributed by atoms with Crippen molar-refractivity contribution in [2.45, 2.75) is 36.2 Å². The van der Waals surface area contributed by atoms with Crippen molar-refractivity contribution < 1.29 is 13.2 Å². The number of anilines is 1. The molecule has 2 rings (SSSR count). The van der Waals surface area contributed by atoms with Crippen molar-refractivity contribution in [2.24, 2.45) is 5.14 Å². The molecule has 1 amide bonds. The van der Waals surface area contributed by atoms with Crippen molar-refractivity contribution in [3.05, 3.63) is 59.7 Å². The highest BCUT2D eigenvalue weighted by Crippen LogP contribution is 2.22. The number of hydrogen-bond acceptors (Lipinski definition) is 4. The molecule has 0 saturated carbocycles. The molecule has 3 N–H and O–H groups in total. The fourth-order valence-electron chi connectivity index (χ4n) is 2.30. The molecule has 5 nitrogen and oxygen atoms in total. The van der Waals surface area contributed by atoms with Gasteiger partial charge in [-0.3, -0.25) is 4.79 Å². The number of benzene rings is 2. The van der Waals surface area contributed by atoms with E-state index in [-0.39, 0.29) is 16.1 Å². The van der Waals surface area contributed by atoms with Crippen LogP contribution < -0.4 is 10.5 Å². The molecule has 0 bridgehead atoms. The summed E-state index contributed by atoms with van der Waals surface area (Å²) >= 11 is 1.52. The summed E-state index contributed by atoms with van der Waals surface area (Å²) in [4.78, 5) is 12.4. The fourth-order valence-corrected chi connectivity index (χ4v) is 4.02. The maximum Gasteiger partial charge on any atom is 0.238 e. The van der Waals surface area contributed by atoms with Crippen LogP contribution in [0.1, 0.15) is 25.0 Å². The Kier molecular flexibility index (Phi) is 6.64. The van der Waals surface area contributed by atoms with E-state index in [1.54, 1.807) is 12.1 Å². The van der Waals surface area contributed by atoms with Crippen molar-refractivity contribution in [3.8, 4) is 0 Å². The molecule has 0 aliphatic heterocycles. The first-order valence-corrected chi connectivity index (χ1v) is 10.5. The lowest BCUT2D eigenvalue weighted by Crippen LogP contribution is -2.23. The van der Waals surface area contributed by atoms with E-state index in [4.69, 9.17) is 5.14 Å². The molecule has 25 heavy (non-hydrogen) atoms. The zero-order valence-corrected chi connectivity index (χ0v) is 15.9. The monoisotopic (exact) mass is 378 g/mol. The maximum atomic E-state index is 12.3. The number of primary sulfonamides is 1. The van der Waals surface area contributed by atoms with Crippen LogP contribution in [0.5, 0.6) is 0 Å². The number of carbonyl (C=O) groups excluding carboxylic acids is 1. The Labute approximate surface area is 153 Å². The van der Waals surface area contributed by atoms with Gasteiger partial charge in [-0.05, 0) is 36.6 Å². The Morgan fingerprint density at radius 3 is 2.48 bits per heavy atom. The predicted molar refractivity (Wildman–Crippen MR) is 103 cm³/mol. The molecule has 0 aliphatic rings. The minimum absolute atomic E-state index is 0.0531. The minimum atomic E-state index is -3.83. The highest BCUT2D eigenvalue weighted by molar-refractivity contribution is 7.99. The maximum absolute atomic E-state index is 12.3. The first kappa shape index (κ1) is 19.5. The summed E-state index contributed by atoms with van der Waals surface area (Å²) in [5, 5.41) is 7.75. The molecule has 1 atom stereocenters. The summed E-state index contributed by atoms with van der Waals surface area (Å²) in [6.45, 7) is 3.68. The van der Waals surface area contributed by atoms with Gasteiger partial charge in [0.15, 0.2) is 0 Å². The number of sulfonamides is 1. The molecule has 0 aliphatic carbocycles. The summed E-state index contributed by atoms with van der Waals surface area (Å²) in [6.07, 6.45) is 0.545. The Morgan fingerprint density at radius 2 is 1.88 bits per heavy atom. The van der Waals surface area contributed by atoms with Gasteiger partial charge in [0.05, 0.1) is 10.1 Å². The molecule has 2 aromatic rings. The van der Waals surface area contributed by atoms with Crippen molar-refractivity contribution >= 4 is 33.4 Å². The smallest absolute Gasteiger partial charge is 0.238 e. The van der Waals surface area contributed by atoms with E-state index in [0.717, 1.165) is 11.3 Å². The van der Waals surface area contributed by atoms with Crippen LogP contribution in [0.3, 0.4) is 0 Å². The number of thioether (sulfide) groups is 1. The number of rotatable bonds is 7.